The van der Waals surface area contributed by atoms with Gasteiger partial charge in [0.05, 0.1) is 0 Å². The number of hydrogen-bond acceptors (Lipinski definition) is 2. The molecule has 1 aromatic rings. The fourth-order valence-electron chi connectivity index (χ4n) is 4.44. The standard InChI is InChI=1S/C17H26N2/c1-16(2)13-8-9-17(16,3)15(10-13)19-11-12-6-4-5-7-14(12)18/h4-7,13,15,19H,8-11,18H2,1-3H3. The highest BCUT2D eigenvalue weighted by atomic mass is 15.0. The molecule has 0 radical (unpaired) electrons. The third-order valence-electron chi connectivity index (χ3n) is 6.39. The maximum Gasteiger partial charge on any atom is 0.0359 e. The van der Waals surface area contributed by atoms with Crippen LogP contribution in [0.4, 0.5) is 5.69 Å². The Morgan fingerprint density at radius 1 is 1.26 bits per heavy atom. The number of para-hydroxylation sites is 1. The lowest BCUT2D eigenvalue weighted by Gasteiger charge is -2.39. The molecule has 2 saturated carbocycles. The van der Waals surface area contributed by atoms with Crippen LogP contribution in [-0.4, -0.2) is 6.04 Å². The molecule has 0 amide bonds. The Bertz CT molecular complexity index is 480. The van der Waals surface area contributed by atoms with E-state index in [1.165, 1.54) is 24.8 Å². The molecule has 3 rings (SSSR count). The van der Waals surface area contributed by atoms with Gasteiger partial charge < -0.3 is 11.1 Å². The maximum absolute atomic E-state index is 6.03. The number of nitrogen functional groups attached to an aromatic ring is 1. The van der Waals surface area contributed by atoms with Crippen LogP contribution in [0.15, 0.2) is 24.3 Å². The Hall–Kier alpha value is -1.02. The number of benzene rings is 1. The number of rotatable bonds is 3. The predicted octanol–water partition coefficient (Wildman–Crippen LogP) is 3.57. The first-order chi connectivity index (χ1) is 8.95. The zero-order valence-corrected chi connectivity index (χ0v) is 12.4. The Balaban J connectivity index is 1.71. The number of fused-ring (bicyclic) bond motifs is 2. The molecule has 3 atom stereocenters. The van der Waals surface area contributed by atoms with Gasteiger partial charge in [0.15, 0.2) is 0 Å². The minimum Gasteiger partial charge on any atom is -0.398 e. The monoisotopic (exact) mass is 258 g/mol. The van der Waals surface area contributed by atoms with Crippen LogP contribution in [0.2, 0.25) is 0 Å². The minimum absolute atomic E-state index is 0.446. The Morgan fingerprint density at radius 3 is 2.58 bits per heavy atom. The summed E-state index contributed by atoms with van der Waals surface area (Å²) in [5, 5.41) is 3.79. The molecule has 2 nitrogen and oxygen atoms in total. The zero-order valence-electron chi connectivity index (χ0n) is 12.4. The first-order valence-electron chi connectivity index (χ1n) is 7.52. The average Bonchev–Trinajstić information content (AvgIpc) is 2.70. The third-order valence-corrected chi connectivity index (χ3v) is 6.39. The SMILES string of the molecule is CC1(C)C2CCC1(C)C(NCc1ccccc1N)C2. The summed E-state index contributed by atoms with van der Waals surface area (Å²) in [6.07, 6.45) is 4.11. The van der Waals surface area contributed by atoms with Gasteiger partial charge in [0, 0.05) is 18.3 Å². The van der Waals surface area contributed by atoms with Crippen molar-refractivity contribution in [3.8, 4) is 0 Å². The molecule has 0 saturated heterocycles. The van der Waals surface area contributed by atoms with Gasteiger partial charge >= 0.3 is 0 Å². The second kappa shape index (κ2) is 4.24. The molecule has 0 aromatic heterocycles. The number of anilines is 1. The second-order valence-electron chi connectivity index (χ2n) is 7.24. The summed E-state index contributed by atoms with van der Waals surface area (Å²) in [4.78, 5) is 0. The number of nitrogens with two attached hydrogens (primary N) is 1. The summed E-state index contributed by atoms with van der Waals surface area (Å²) in [6, 6.07) is 8.83. The van der Waals surface area contributed by atoms with E-state index in [0.29, 0.717) is 16.9 Å². The van der Waals surface area contributed by atoms with E-state index in [-0.39, 0.29) is 0 Å². The van der Waals surface area contributed by atoms with Crippen LogP contribution in [0.5, 0.6) is 0 Å². The van der Waals surface area contributed by atoms with Gasteiger partial charge in [-0.05, 0) is 47.6 Å². The molecule has 104 valence electrons. The van der Waals surface area contributed by atoms with E-state index in [2.05, 4.69) is 38.2 Å². The van der Waals surface area contributed by atoms with Gasteiger partial charge in [-0.25, -0.2) is 0 Å². The van der Waals surface area contributed by atoms with Crippen molar-refractivity contribution in [3.63, 3.8) is 0 Å². The minimum atomic E-state index is 0.446. The van der Waals surface area contributed by atoms with Crippen molar-refractivity contribution in [3.05, 3.63) is 29.8 Å². The van der Waals surface area contributed by atoms with Crippen LogP contribution in [0, 0.1) is 16.7 Å². The van der Waals surface area contributed by atoms with Crippen LogP contribution in [0.25, 0.3) is 0 Å². The van der Waals surface area contributed by atoms with E-state index in [1.807, 2.05) is 12.1 Å². The number of hydrogen-bond donors (Lipinski definition) is 2. The lowest BCUT2D eigenvalue weighted by molar-refractivity contribution is 0.120. The van der Waals surface area contributed by atoms with Crippen molar-refractivity contribution >= 4 is 5.69 Å². The normalized spacial score (nSPS) is 35.7. The summed E-state index contributed by atoms with van der Waals surface area (Å²) in [5.74, 6) is 0.892. The molecule has 2 bridgehead atoms. The second-order valence-corrected chi connectivity index (χ2v) is 7.24. The van der Waals surface area contributed by atoms with E-state index in [9.17, 15) is 0 Å². The molecule has 19 heavy (non-hydrogen) atoms. The first kappa shape index (κ1) is 13.0. The highest BCUT2D eigenvalue weighted by Crippen LogP contribution is 2.65. The Kier molecular flexibility index (Phi) is 2.90. The van der Waals surface area contributed by atoms with Crippen molar-refractivity contribution < 1.29 is 0 Å². The third kappa shape index (κ3) is 1.80. The molecule has 1 aromatic carbocycles. The molecule has 2 fully saturated rings. The van der Waals surface area contributed by atoms with E-state index in [0.717, 1.165) is 18.2 Å². The lowest BCUT2D eigenvalue weighted by Crippen LogP contribution is -2.44. The summed E-state index contributed by atoms with van der Waals surface area (Å²) in [6.45, 7) is 8.30. The zero-order chi connectivity index (χ0) is 13.7. The summed E-state index contributed by atoms with van der Waals surface area (Å²) >= 11 is 0. The molecule has 0 aliphatic heterocycles. The van der Waals surface area contributed by atoms with Crippen LogP contribution in [-0.2, 0) is 6.54 Å². The van der Waals surface area contributed by atoms with Crippen molar-refractivity contribution in [2.45, 2.75) is 52.6 Å². The predicted molar refractivity (Wildman–Crippen MR) is 80.7 cm³/mol. The lowest BCUT2D eigenvalue weighted by atomic mass is 9.69. The molecule has 0 spiro atoms. The van der Waals surface area contributed by atoms with Crippen molar-refractivity contribution in [2.24, 2.45) is 16.7 Å². The Labute approximate surface area is 116 Å². The largest absolute Gasteiger partial charge is 0.398 e. The van der Waals surface area contributed by atoms with Crippen molar-refractivity contribution in [1.82, 2.24) is 5.32 Å². The summed E-state index contributed by atoms with van der Waals surface area (Å²) in [5.41, 5.74) is 9.09. The highest BCUT2D eigenvalue weighted by molar-refractivity contribution is 5.46. The summed E-state index contributed by atoms with van der Waals surface area (Å²) < 4.78 is 0. The van der Waals surface area contributed by atoms with Gasteiger partial charge in [0.25, 0.3) is 0 Å². The van der Waals surface area contributed by atoms with Crippen LogP contribution in [0.3, 0.4) is 0 Å². The molecule has 2 aliphatic carbocycles. The molecular formula is C17H26N2. The molecule has 2 heteroatoms. The van der Waals surface area contributed by atoms with Gasteiger partial charge in [0.2, 0.25) is 0 Å². The Morgan fingerprint density at radius 2 is 2.00 bits per heavy atom. The van der Waals surface area contributed by atoms with Crippen molar-refractivity contribution in [1.29, 1.82) is 0 Å². The van der Waals surface area contributed by atoms with Crippen molar-refractivity contribution in [2.75, 3.05) is 5.73 Å². The fourth-order valence-corrected chi connectivity index (χ4v) is 4.44. The first-order valence-corrected chi connectivity index (χ1v) is 7.52. The van der Waals surface area contributed by atoms with E-state index in [1.54, 1.807) is 0 Å². The molecular weight excluding hydrogens is 232 g/mol. The van der Waals surface area contributed by atoms with E-state index in [4.69, 9.17) is 5.73 Å². The van der Waals surface area contributed by atoms with Crippen LogP contribution < -0.4 is 11.1 Å². The smallest absolute Gasteiger partial charge is 0.0359 e. The average molecular weight is 258 g/mol. The quantitative estimate of drug-likeness (QED) is 0.813. The molecule has 3 unspecified atom stereocenters. The van der Waals surface area contributed by atoms with E-state index < -0.39 is 0 Å². The van der Waals surface area contributed by atoms with E-state index >= 15 is 0 Å². The molecule has 0 heterocycles. The van der Waals surface area contributed by atoms with Gasteiger partial charge in [-0.3, -0.25) is 0 Å². The van der Waals surface area contributed by atoms with Gasteiger partial charge in [-0.1, -0.05) is 39.0 Å². The fraction of sp³-hybridized carbons (Fsp3) is 0.647. The summed E-state index contributed by atoms with van der Waals surface area (Å²) in [7, 11) is 0. The number of nitrogens with one attached hydrogen (secondary N) is 1. The van der Waals surface area contributed by atoms with Gasteiger partial charge in [-0.2, -0.15) is 0 Å². The van der Waals surface area contributed by atoms with Gasteiger partial charge in [-0.15, -0.1) is 0 Å². The van der Waals surface area contributed by atoms with Gasteiger partial charge in [0.1, 0.15) is 0 Å². The maximum atomic E-state index is 6.03. The molecule has 2 aliphatic rings. The van der Waals surface area contributed by atoms with Crippen LogP contribution in [0.1, 0.15) is 45.6 Å². The molecule has 3 N–H and O–H groups in total. The topological polar surface area (TPSA) is 38.0 Å². The van der Waals surface area contributed by atoms with Crippen LogP contribution >= 0.6 is 0 Å². The highest BCUT2D eigenvalue weighted by Gasteiger charge is 2.60.